The van der Waals surface area contributed by atoms with Gasteiger partial charge in [0.15, 0.2) is 0 Å². The zero-order chi connectivity index (χ0) is 14.5. The van der Waals surface area contributed by atoms with Crippen molar-refractivity contribution in [3.05, 3.63) is 47.9 Å². The summed E-state index contributed by atoms with van der Waals surface area (Å²) in [4.78, 5) is 12.6. The minimum Gasteiger partial charge on any atom is -0.463 e. The van der Waals surface area contributed by atoms with Crippen LogP contribution in [0.1, 0.15) is 29.3 Å². The van der Waals surface area contributed by atoms with Crippen LogP contribution in [-0.4, -0.2) is 19.3 Å². The quantitative estimate of drug-likeness (QED) is 0.667. The maximum Gasteiger partial charge on any atom is 0.373 e. The summed E-state index contributed by atoms with van der Waals surface area (Å²) in [7, 11) is 1.33. The third kappa shape index (κ3) is 3.36. The summed E-state index contributed by atoms with van der Waals surface area (Å²) < 4.78 is 10.1. The fourth-order valence-corrected chi connectivity index (χ4v) is 2.21. The second-order valence-electron chi connectivity index (χ2n) is 4.29. The lowest BCUT2D eigenvalue weighted by Gasteiger charge is -2.13. The number of hydrogen-bond acceptors (Lipinski definition) is 5. The molecule has 1 N–H and O–H groups in total. The number of esters is 1. The van der Waals surface area contributed by atoms with Gasteiger partial charge in [0.1, 0.15) is 5.76 Å². The van der Waals surface area contributed by atoms with Crippen molar-refractivity contribution in [2.24, 2.45) is 0 Å². The number of carbonyl (C=O) groups excluding carboxylic acids is 1. The molecule has 0 aliphatic heterocycles. The van der Waals surface area contributed by atoms with E-state index in [2.05, 4.69) is 22.2 Å². The van der Waals surface area contributed by atoms with Crippen LogP contribution in [0.15, 0.2) is 45.7 Å². The van der Waals surface area contributed by atoms with Crippen LogP contribution in [0.5, 0.6) is 0 Å². The smallest absolute Gasteiger partial charge is 0.373 e. The Kier molecular flexibility index (Phi) is 4.74. The van der Waals surface area contributed by atoms with E-state index in [9.17, 15) is 4.79 Å². The van der Waals surface area contributed by atoms with Gasteiger partial charge >= 0.3 is 5.97 Å². The third-order valence-corrected chi connectivity index (χ3v) is 3.66. The minimum atomic E-state index is -0.465. The number of methoxy groups -OCH3 is 1. The van der Waals surface area contributed by atoms with Gasteiger partial charge in [-0.3, -0.25) is 0 Å². The fourth-order valence-electron chi connectivity index (χ4n) is 1.80. The number of thioether (sulfide) groups is 1. The molecule has 0 aliphatic rings. The number of benzene rings is 1. The Morgan fingerprint density at radius 1 is 1.25 bits per heavy atom. The molecular weight excluding hydrogens is 274 g/mol. The van der Waals surface area contributed by atoms with Crippen molar-refractivity contribution in [3.63, 3.8) is 0 Å². The van der Waals surface area contributed by atoms with E-state index in [0.29, 0.717) is 5.76 Å². The molecule has 20 heavy (non-hydrogen) atoms. The van der Waals surface area contributed by atoms with Gasteiger partial charge in [0.25, 0.3) is 0 Å². The van der Waals surface area contributed by atoms with E-state index in [1.54, 1.807) is 23.9 Å². The van der Waals surface area contributed by atoms with Crippen molar-refractivity contribution in [3.8, 4) is 0 Å². The van der Waals surface area contributed by atoms with E-state index in [0.717, 1.165) is 5.69 Å². The average molecular weight is 291 g/mol. The third-order valence-electron chi connectivity index (χ3n) is 2.91. The SMILES string of the molecule is COC(=O)c1ccc(C(C)Nc2ccc(SC)cc2)o1. The van der Waals surface area contributed by atoms with Crippen molar-refractivity contribution in [1.82, 2.24) is 0 Å². The summed E-state index contributed by atoms with van der Waals surface area (Å²) in [6.45, 7) is 1.97. The summed E-state index contributed by atoms with van der Waals surface area (Å²) in [6, 6.07) is 11.5. The number of anilines is 1. The molecule has 4 nitrogen and oxygen atoms in total. The van der Waals surface area contributed by atoms with Gasteiger partial charge in [-0.1, -0.05) is 0 Å². The van der Waals surface area contributed by atoms with Crippen LogP contribution in [0.25, 0.3) is 0 Å². The zero-order valence-corrected chi connectivity index (χ0v) is 12.5. The molecule has 106 valence electrons. The van der Waals surface area contributed by atoms with E-state index in [1.165, 1.54) is 12.0 Å². The second-order valence-corrected chi connectivity index (χ2v) is 5.17. The lowest BCUT2D eigenvalue weighted by atomic mass is 10.2. The van der Waals surface area contributed by atoms with Crippen molar-refractivity contribution in [1.29, 1.82) is 0 Å². The molecule has 2 rings (SSSR count). The first-order valence-electron chi connectivity index (χ1n) is 6.22. The standard InChI is InChI=1S/C15H17NO3S/c1-10(13-8-9-14(19-13)15(17)18-2)16-11-4-6-12(20-3)7-5-11/h4-10,16H,1-3H3. The first kappa shape index (κ1) is 14.5. The molecular formula is C15H17NO3S. The van der Waals surface area contributed by atoms with Crippen LogP contribution in [0.3, 0.4) is 0 Å². The number of rotatable bonds is 5. The highest BCUT2D eigenvalue weighted by Gasteiger charge is 2.15. The molecule has 0 spiro atoms. The van der Waals surface area contributed by atoms with Crippen molar-refractivity contribution < 1.29 is 13.9 Å². The summed E-state index contributed by atoms with van der Waals surface area (Å²) in [5, 5.41) is 3.32. The predicted molar refractivity (Wildman–Crippen MR) is 80.3 cm³/mol. The molecule has 1 heterocycles. The minimum absolute atomic E-state index is 0.0338. The molecule has 1 atom stereocenters. The van der Waals surface area contributed by atoms with Crippen LogP contribution < -0.4 is 5.32 Å². The Hall–Kier alpha value is -1.88. The van der Waals surface area contributed by atoms with Gasteiger partial charge < -0.3 is 14.5 Å². The molecule has 1 unspecified atom stereocenters. The van der Waals surface area contributed by atoms with Crippen LogP contribution >= 0.6 is 11.8 Å². The molecule has 1 aromatic heterocycles. The lowest BCUT2D eigenvalue weighted by molar-refractivity contribution is 0.0562. The zero-order valence-electron chi connectivity index (χ0n) is 11.7. The lowest BCUT2D eigenvalue weighted by Crippen LogP contribution is -2.05. The Balaban J connectivity index is 2.05. The van der Waals surface area contributed by atoms with Gasteiger partial charge in [-0.15, -0.1) is 11.8 Å². The average Bonchev–Trinajstić information content (AvgIpc) is 2.97. The van der Waals surface area contributed by atoms with Gasteiger partial charge in [-0.05, 0) is 49.6 Å². The fraction of sp³-hybridized carbons (Fsp3) is 0.267. The second kappa shape index (κ2) is 6.52. The molecule has 0 aliphatic carbocycles. The first-order valence-corrected chi connectivity index (χ1v) is 7.45. The Morgan fingerprint density at radius 2 is 1.95 bits per heavy atom. The molecule has 2 aromatic rings. The first-order chi connectivity index (χ1) is 9.63. The van der Waals surface area contributed by atoms with Gasteiger partial charge in [-0.25, -0.2) is 4.79 Å². The number of ether oxygens (including phenoxy) is 1. The summed E-state index contributed by atoms with van der Waals surface area (Å²) in [5.74, 6) is 0.445. The highest BCUT2D eigenvalue weighted by atomic mass is 32.2. The maximum atomic E-state index is 11.3. The Labute approximate surface area is 122 Å². The summed E-state index contributed by atoms with van der Waals surface area (Å²) in [6.07, 6.45) is 2.04. The van der Waals surface area contributed by atoms with E-state index in [1.807, 2.05) is 25.3 Å². The van der Waals surface area contributed by atoms with Crippen LogP contribution in [0.4, 0.5) is 5.69 Å². The molecule has 0 radical (unpaired) electrons. The van der Waals surface area contributed by atoms with Gasteiger partial charge in [0.2, 0.25) is 5.76 Å². The number of hydrogen-bond donors (Lipinski definition) is 1. The Bertz CT molecular complexity index is 577. The molecule has 5 heteroatoms. The summed E-state index contributed by atoms with van der Waals surface area (Å²) >= 11 is 1.70. The molecule has 0 amide bonds. The molecule has 0 saturated carbocycles. The Morgan fingerprint density at radius 3 is 2.55 bits per heavy atom. The molecule has 0 fully saturated rings. The van der Waals surface area contributed by atoms with Crippen LogP contribution in [0.2, 0.25) is 0 Å². The molecule has 0 saturated heterocycles. The van der Waals surface area contributed by atoms with Crippen molar-refractivity contribution in [2.75, 3.05) is 18.7 Å². The van der Waals surface area contributed by atoms with Crippen LogP contribution in [-0.2, 0) is 4.74 Å². The highest BCUT2D eigenvalue weighted by Crippen LogP contribution is 2.23. The van der Waals surface area contributed by atoms with E-state index < -0.39 is 5.97 Å². The number of furan rings is 1. The molecule has 0 bridgehead atoms. The highest BCUT2D eigenvalue weighted by molar-refractivity contribution is 7.98. The van der Waals surface area contributed by atoms with Crippen molar-refractivity contribution in [2.45, 2.75) is 17.9 Å². The van der Waals surface area contributed by atoms with E-state index in [-0.39, 0.29) is 11.8 Å². The number of carbonyl (C=O) groups is 1. The molecule has 1 aromatic carbocycles. The number of nitrogens with one attached hydrogen (secondary N) is 1. The normalized spacial score (nSPS) is 11.9. The van der Waals surface area contributed by atoms with Crippen molar-refractivity contribution >= 4 is 23.4 Å². The largest absolute Gasteiger partial charge is 0.463 e. The predicted octanol–water partition coefficient (Wildman–Crippen LogP) is 3.96. The van der Waals surface area contributed by atoms with Gasteiger partial charge in [-0.2, -0.15) is 0 Å². The van der Waals surface area contributed by atoms with Crippen LogP contribution in [0, 0.1) is 0 Å². The monoisotopic (exact) mass is 291 g/mol. The summed E-state index contributed by atoms with van der Waals surface area (Å²) in [5.41, 5.74) is 1.01. The van der Waals surface area contributed by atoms with Gasteiger partial charge in [0.05, 0.1) is 13.2 Å². The van der Waals surface area contributed by atoms with E-state index >= 15 is 0 Å². The maximum absolute atomic E-state index is 11.3. The van der Waals surface area contributed by atoms with Gasteiger partial charge in [0, 0.05) is 10.6 Å². The topological polar surface area (TPSA) is 51.5 Å². The van der Waals surface area contributed by atoms with E-state index in [4.69, 9.17) is 4.42 Å².